The minimum absolute atomic E-state index is 0.118. The first-order valence-electron chi connectivity index (χ1n) is 7.10. The third kappa shape index (κ3) is 3.33. The van der Waals surface area contributed by atoms with Crippen molar-refractivity contribution in [3.05, 3.63) is 18.5 Å². The number of anilines is 1. The Hall–Kier alpha value is -1.25. The summed E-state index contributed by atoms with van der Waals surface area (Å²) >= 11 is 0. The Balaban J connectivity index is 1.65. The SMILES string of the molecule is CS(=O)(=O)N1CCC[C@@]2(C[C@H](Nc3ncccn3)CO2)C1. The van der Waals surface area contributed by atoms with Crippen molar-refractivity contribution in [2.75, 3.05) is 31.3 Å². The van der Waals surface area contributed by atoms with Gasteiger partial charge in [-0.3, -0.25) is 0 Å². The maximum Gasteiger partial charge on any atom is 0.222 e. The van der Waals surface area contributed by atoms with E-state index in [2.05, 4.69) is 15.3 Å². The number of nitrogens with zero attached hydrogens (tertiary/aromatic N) is 3. The molecule has 1 spiro atoms. The Labute approximate surface area is 124 Å². The summed E-state index contributed by atoms with van der Waals surface area (Å²) in [6.45, 7) is 1.58. The van der Waals surface area contributed by atoms with Gasteiger partial charge in [0.1, 0.15) is 0 Å². The quantitative estimate of drug-likeness (QED) is 0.873. The number of rotatable bonds is 3. The molecule has 1 N–H and O–H groups in total. The largest absolute Gasteiger partial charge is 0.371 e. The molecular weight excluding hydrogens is 292 g/mol. The fourth-order valence-electron chi connectivity index (χ4n) is 3.12. The number of nitrogens with one attached hydrogen (secondary N) is 1. The highest BCUT2D eigenvalue weighted by Crippen LogP contribution is 2.36. The van der Waals surface area contributed by atoms with Gasteiger partial charge in [0.15, 0.2) is 0 Å². The van der Waals surface area contributed by atoms with Crippen LogP contribution in [0.2, 0.25) is 0 Å². The molecule has 1 aromatic rings. The second-order valence-corrected chi connectivity index (χ2v) is 7.79. The second-order valence-electron chi connectivity index (χ2n) is 5.81. The summed E-state index contributed by atoms with van der Waals surface area (Å²) in [6.07, 6.45) is 7.14. The molecular formula is C13H20N4O3S. The summed E-state index contributed by atoms with van der Waals surface area (Å²) in [6, 6.07) is 1.88. The predicted molar refractivity (Wildman–Crippen MR) is 78.4 cm³/mol. The summed E-state index contributed by atoms with van der Waals surface area (Å²) in [5.74, 6) is 0.582. The average molecular weight is 312 g/mol. The van der Waals surface area contributed by atoms with Gasteiger partial charge in [-0.2, -0.15) is 4.31 Å². The van der Waals surface area contributed by atoms with Crippen LogP contribution < -0.4 is 5.32 Å². The monoisotopic (exact) mass is 312 g/mol. The molecule has 0 aromatic carbocycles. The molecule has 0 amide bonds. The lowest BCUT2D eigenvalue weighted by molar-refractivity contribution is -0.0328. The molecule has 2 aliphatic heterocycles. The van der Waals surface area contributed by atoms with Crippen molar-refractivity contribution in [1.29, 1.82) is 0 Å². The van der Waals surface area contributed by atoms with E-state index in [-0.39, 0.29) is 11.6 Å². The average Bonchev–Trinajstić information content (AvgIpc) is 2.81. The van der Waals surface area contributed by atoms with E-state index in [0.717, 1.165) is 19.3 Å². The number of aromatic nitrogens is 2. The van der Waals surface area contributed by atoms with Crippen LogP contribution >= 0.6 is 0 Å². The summed E-state index contributed by atoms with van der Waals surface area (Å²) in [5, 5.41) is 3.25. The second kappa shape index (κ2) is 5.51. The standard InChI is InChI=1S/C13H20N4O3S/c1-21(18,19)17-7-2-4-13(10-17)8-11(9-20-13)16-12-14-5-3-6-15-12/h3,5-6,11H,2,4,7-10H2,1H3,(H,14,15,16)/t11-,13+/m0/s1. The molecule has 21 heavy (non-hydrogen) atoms. The first-order valence-corrected chi connectivity index (χ1v) is 8.94. The zero-order valence-electron chi connectivity index (χ0n) is 12.0. The first-order chi connectivity index (χ1) is 9.97. The molecule has 0 radical (unpaired) electrons. The molecule has 0 saturated carbocycles. The van der Waals surface area contributed by atoms with Crippen LogP contribution in [0.3, 0.4) is 0 Å². The lowest BCUT2D eigenvalue weighted by Crippen LogP contribution is -2.50. The van der Waals surface area contributed by atoms with Crippen LogP contribution in [-0.4, -0.2) is 60.3 Å². The molecule has 2 atom stereocenters. The number of piperidine rings is 1. The molecule has 2 aliphatic rings. The van der Waals surface area contributed by atoms with Crippen molar-refractivity contribution in [2.24, 2.45) is 0 Å². The lowest BCUT2D eigenvalue weighted by atomic mass is 9.90. The van der Waals surface area contributed by atoms with Gasteiger partial charge >= 0.3 is 0 Å². The van der Waals surface area contributed by atoms with Crippen molar-refractivity contribution in [2.45, 2.75) is 30.9 Å². The van der Waals surface area contributed by atoms with E-state index >= 15 is 0 Å². The van der Waals surface area contributed by atoms with Crippen LogP contribution in [0.4, 0.5) is 5.95 Å². The zero-order chi connectivity index (χ0) is 14.9. The third-order valence-corrected chi connectivity index (χ3v) is 5.33. The maximum absolute atomic E-state index is 11.7. The highest BCUT2D eigenvalue weighted by molar-refractivity contribution is 7.88. The van der Waals surface area contributed by atoms with Gasteiger partial charge in [-0.15, -0.1) is 0 Å². The van der Waals surface area contributed by atoms with Gasteiger partial charge in [-0.05, 0) is 18.9 Å². The summed E-state index contributed by atoms with van der Waals surface area (Å²) in [5.41, 5.74) is -0.367. The van der Waals surface area contributed by atoms with Gasteiger partial charge in [0.05, 0.1) is 24.5 Å². The van der Waals surface area contributed by atoms with Crippen molar-refractivity contribution >= 4 is 16.0 Å². The molecule has 3 heterocycles. The number of sulfonamides is 1. The van der Waals surface area contributed by atoms with Crippen LogP contribution in [0.1, 0.15) is 19.3 Å². The van der Waals surface area contributed by atoms with Crippen LogP contribution in [0.25, 0.3) is 0 Å². The van der Waals surface area contributed by atoms with E-state index in [0.29, 0.717) is 25.6 Å². The van der Waals surface area contributed by atoms with E-state index < -0.39 is 10.0 Å². The van der Waals surface area contributed by atoms with E-state index in [1.165, 1.54) is 10.6 Å². The first kappa shape index (κ1) is 14.7. The minimum Gasteiger partial charge on any atom is -0.371 e. The Morgan fingerprint density at radius 3 is 2.90 bits per heavy atom. The molecule has 7 nitrogen and oxygen atoms in total. The van der Waals surface area contributed by atoms with Gasteiger partial charge in [-0.25, -0.2) is 18.4 Å². The molecule has 3 rings (SSSR count). The topological polar surface area (TPSA) is 84.4 Å². The molecule has 2 fully saturated rings. The van der Waals surface area contributed by atoms with Crippen LogP contribution in [-0.2, 0) is 14.8 Å². The molecule has 0 bridgehead atoms. The Bertz CT molecular complexity index is 595. The van der Waals surface area contributed by atoms with Crippen molar-refractivity contribution in [3.63, 3.8) is 0 Å². The lowest BCUT2D eigenvalue weighted by Gasteiger charge is -2.38. The van der Waals surface area contributed by atoms with Crippen LogP contribution in [0.15, 0.2) is 18.5 Å². The van der Waals surface area contributed by atoms with Crippen molar-refractivity contribution < 1.29 is 13.2 Å². The number of ether oxygens (including phenoxy) is 1. The van der Waals surface area contributed by atoms with Crippen LogP contribution in [0.5, 0.6) is 0 Å². The molecule has 8 heteroatoms. The zero-order valence-corrected chi connectivity index (χ0v) is 12.8. The molecule has 116 valence electrons. The van der Waals surface area contributed by atoms with Gasteiger partial charge in [0, 0.05) is 31.9 Å². The fraction of sp³-hybridized carbons (Fsp3) is 0.692. The molecule has 2 saturated heterocycles. The van der Waals surface area contributed by atoms with Gasteiger partial charge in [-0.1, -0.05) is 0 Å². The normalized spacial score (nSPS) is 30.6. The minimum atomic E-state index is -3.16. The fourth-order valence-corrected chi connectivity index (χ4v) is 4.05. The Kier molecular flexibility index (Phi) is 3.85. The summed E-state index contributed by atoms with van der Waals surface area (Å²) in [4.78, 5) is 8.29. The van der Waals surface area contributed by atoms with Crippen LogP contribution in [0, 0.1) is 0 Å². The Morgan fingerprint density at radius 1 is 1.43 bits per heavy atom. The summed E-state index contributed by atoms with van der Waals surface area (Å²) in [7, 11) is -3.16. The molecule has 0 aliphatic carbocycles. The third-order valence-electron chi connectivity index (χ3n) is 4.08. The highest BCUT2D eigenvalue weighted by Gasteiger charge is 2.45. The smallest absolute Gasteiger partial charge is 0.222 e. The molecule has 0 unspecified atom stereocenters. The highest BCUT2D eigenvalue weighted by atomic mass is 32.2. The predicted octanol–water partition coefficient (Wildman–Crippen LogP) is 0.472. The van der Waals surface area contributed by atoms with Gasteiger partial charge in [0.2, 0.25) is 16.0 Å². The van der Waals surface area contributed by atoms with E-state index in [1.54, 1.807) is 18.5 Å². The summed E-state index contributed by atoms with van der Waals surface area (Å²) < 4.78 is 31.0. The van der Waals surface area contributed by atoms with E-state index in [9.17, 15) is 8.42 Å². The van der Waals surface area contributed by atoms with Gasteiger partial charge in [0.25, 0.3) is 0 Å². The van der Waals surface area contributed by atoms with E-state index in [4.69, 9.17) is 4.74 Å². The Morgan fingerprint density at radius 2 is 2.19 bits per heavy atom. The molecule has 1 aromatic heterocycles. The number of hydrogen-bond donors (Lipinski definition) is 1. The maximum atomic E-state index is 11.7. The van der Waals surface area contributed by atoms with Gasteiger partial charge < -0.3 is 10.1 Å². The van der Waals surface area contributed by atoms with E-state index in [1.807, 2.05) is 0 Å². The van der Waals surface area contributed by atoms with Crippen molar-refractivity contribution in [3.8, 4) is 0 Å². The van der Waals surface area contributed by atoms with Crippen molar-refractivity contribution in [1.82, 2.24) is 14.3 Å². The number of hydrogen-bond acceptors (Lipinski definition) is 6.